The second-order valence-electron chi connectivity index (χ2n) is 4.33. The summed E-state index contributed by atoms with van der Waals surface area (Å²) in [6, 6.07) is 6.12. The van der Waals surface area contributed by atoms with E-state index < -0.39 is 0 Å². The van der Waals surface area contributed by atoms with Crippen molar-refractivity contribution in [2.75, 3.05) is 19.7 Å². The van der Waals surface area contributed by atoms with Crippen molar-refractivity contribution in [3.63, 3.8) is 0 Å². The van der Waals surface area contributed by atoms with E-state index in [-0.39, 0.29) is 17.8 Å². The number of halogens is 2. The number of carbonyl (C=O) groups excluding carboxylic acids is 1. The van der Waals surface area contributed by atoms with Gasteiger partial charge in [0, 0.05) is 28.0 Å². The van der Waals surface area contributed by atoms with Crippen LogP contribution in [0.2, 0.25) is 0 Å². The van der Waals surface area contributed by atoms with Crippen LogP contribution in [-0.4, -0.2) is 25.7 Å². The normalized spacial score (nSPS) is 23.1. The molecule has 98 valence electrons. The topological polar surface area (TPSA) is 38.3 Å². The van der Waals surface area contributed by atoms with Gasteiger partial charge < -0.3 is 10.1 Å². The fourth-order valence-electron chi connectivity index (χ4n) is 2.32. The molecule has 18 heavy (non-hydrogen) atoms. The summed E-state index contributed by atoms with van der Waals surface area (Å²) in [7, 11) is 0. The van der Waals surface area contributed by atoms with Crippen LogP contribution in [0.5, 0.6) is 0 Å². The van der Waals surface area contributed by atoms with Crippen molar-refractivity contribution in [3.05, 3.63) is 32.7 Å². The minimum atomic E-state index is -0.108. The Balaban J connectivity index is 2.23. The zero-order chi connectivity index (χ0) is 13.1. The number of esters is 1. The van der Waals surface area contributed by atoms with E-state index in [4.69, 9.17) is 4.74 Å². The highest BCUT2D eigenvalue weighted by Gasteiger charge is 2.35. The summed E-state index contributed by atoms with van der Waals surface area (Å²) in [5.41, 5.74) is 1.15. The standard InChI is InChI=1S/C13H15Br2NO2/c1-2-18-13(17)12-7-16-6-11(12)8-3-9(14)5-10(15)4-8/h3-5,11-12,16H,2,6-7H2,1H3/t11-,12+/m0/s1. The van der Waals surface area contributed by atoms with Crippen LogP contribution in [-0.2, 0) is 9.53 Å². The SMILES string of the molecule is CCOC(=O)[C@@H]1CNC[C@H]1c1cc(Br)cc(Br)c1. The van der Waals surface area contributed by atoms with Gasteiger partial charge in [0.25, 0.3) is 0 Å². The number of ether oxygens (including phenoxy) is 1. The largest absolute Gasteiger partial charge is 0.466 e. The van der Waals surface area contributed by atoms with Crippen LogP contribution in [0.1, 0.15) is 18.4 Å². The van der Waals surface area contributed by atoms with Gasteiger partial charge in [0.2, 0.25) is 0 Å². The van der Waals surface area contributed by atoms with Gasteiger partial charge in [-0.05, 0) is 30.7 Å². The van der Waals surface area contributed by atoms with E-state index in [9.17, 15) is 4.79 Å². The molecule has 0 aromatic heterocycles. The Morgan fingerprint density at radius 2 is 2.00 bits per heavy atom. The molecule has 0 spiro atoms. The molecule has 1 aliphatic heterocycles. The van der Waals surface area contributed by atoms with E-state index in [1.807, 2.05) is 13.0 Å². The summed E-state index contributed by atoms with van der Waals surface area (Å²) in [5.74, 6) is -0.0207. The van der Waals surface area contributed by atoms with E-state index in [2.05, 4.69) is 49.3 Å². The Bertz CT molecular complexity index is 430. The number of carbonyl (C=O) groups is 1. The Labute approximate surface area is 124 Å². The van der Waals surface area contributed by atoms with Crippen molar-refractivity contribution in [1.82, 2.24) is 5.32 Å². The number of hydrogen-bond donors (Lipinski definition) is 1. The maximum Gasteiger partial charge on any atom is 0.310 e. The summed E-state index contributed by atoms with van der Waals surface area (Å²) in [6.45, 7) is 3.77. The lowest BCUT2D eigenvalue weighted by Crippen LogP contribution is -2.24. The summed E-state index contributed by atoms with van der Waals surface area (Å²) in [5, 5.41) is 3.27. The lowest BCUT2D eigenvalue weighted by molar-refractivity contribution is -0.147. The Morgan fingerprint density at radius 3 is 2.61 bits per heavy atom. The van der Waals surface area contributed by atoms with Crippen LogP contribution in [0.3, 0.4) is 0 Å². The van der Waals surface area contributed by atoms with Gasteiger partial charge in [-0.1, -0.05) is 31.9 Å². The third-order valence-corrected chi connectivity index (χ3v) is 4.03. The first-order valence-electron chi connectivity index (χ1n) is 5.95. The molecule has 1 aromatic carbocycles. The molecule has 0 bridgehead atoms. The highest BCUT2D eigenvalue weighted by Crippen LogP contribution is 2.32. The lowest BCUT2D eigenvalue weighted by atomic mass is 9.89. The molecule has 0 amide bonds. The van der Waals surface area contributed by atoms with Gasteiger partial charge in [0.15, 0.2) is 0 Å². The molecule has 1 saturated heterocycles. The van der Waals surface area contributed by atoms with Crippen molar-refractivity contribution in [3.8, 4) is 0 Å². The van der Waals surface area contributed by atoms with Gasteiger partial charge in [-0.25, -0.2) is 0 Å². The first-order chi connectivity index (χ1) is 8.61. The molecular formula is C13H15Br2NO2. The number of nitrogens with one attached hydrogen (secondary N) is 1. The van der Waals surface area contributed by atoms with Gasteiger partial charge in [0.05, 0.1) is 12.5 Å². The molecule has 2 atom stereocenters. The molecule has 0 aliphatic carbocycles. The van der Waals surface area contributed by atoms with E-state index in [1.54, 1.807) is 0 Å². The van der Waals surface area contributed by atoms with Crippen LogP contribution in [0, 0.1) is 5.92 Å². The number of hydrogen-bond acceptors (Lipinski definition) is 3. The number of rotatable bonds is 3. The Kier molecular flexibility index (Phi) is 4.81. The highest BCUT2D eigenvalue weighted by molar-refractivity contribution is 9.11. The monoisotopic (exact) mass is 375 g/mol. The maximum atomic E-state index is 11.9. The molecule has 0 radical (unpaired) electrons. The first-order valence-corrected chi connectivity index (χ1v) is 7.53. The molecule has 1 N–H and O–H groups in total. The summed E-state index contributed by atoms with van der Waals surface area (Å²) >= 11 is 6.96. The zero-order valence-electron chi connectivity index (χ0n) is 10.1. The van der Waals surface area contributed by atoms with Gasteiger partial charge in [-0.2, -0.15) is 0 Å². The maximum absolute atomic E-state index is 11.9. The Hall–Kier alpha value is -0.390. The second-order valence-corrected chi connectivity index (χ2v) is 6.16. The van der Waals surface area contributed by atoms with E-state index >= 15 is 0 Å². The smallest absolute Gasteiger partial charge is 0.310 e. The molecule has 2 rings (SSSR count). The van der Waals surface area contributed by atoms with E-state index in [0.717, 1.165) is 21.1 Å². The molecule has 1 fully saturated rings. The second kappa shape index (κ2) is 6.17. The van der Waals surface area contributed by atoms with Gasteiger partial charge >= 0.3 is 5.97 Å². The average molecular weight is 377 g/mol. The first kappa shape index (κ1) is 14.0. The average Bonchev–Trinajstić information content (AvgIpc) is 2.76. The minimum Gasteiger partial charge on any atom is -0.466 e. The third-order valence-electron chi connectivity index (χ3n) is 3.12. The van der Waals surface area contributed by atoms with E-state index in [1.165, 1.54) is 0 Å². The van der Waals surface area contributed by atoms with Gasteiger partial charge in [-0.3, -0.25) is 4.79 Å². The van der Waals surface area contributed by atoms with Crippen molar-refractivity contribution in [2.24, 2.45) is 5.92 Å². The summed E-state index contributed by atoms with van der Waals surface area (Å²) in [6.07, 6.45) is 0. The lowest BCUT2D eigenvalue weighted by Gasteiger charge is -2.18. The highest BCUT2D eigenvalue weighted by atomic mass is 79.9. The molecule has 0 saturated carbocycles. The van der Waals surface area contributed by atoms with Gasteiger partial charge in [0.1, 0.15) is 0 Å². The fraction of sp³-hybridized carbons (Fsp3) is 0.462. The zero-order valence-corrected chi connectivity index (χ0v) is 13.3. The molecule has 0 unspecified atom stereocenters. The predicted octanol–water partition coefficient (Wildman–Crippen LogP) is 3.08. The van der Waals surface area contributed by atoms with Crippen LogP contribution >= 0.6 is 31.9 Å². The van der Waals surface area contributed by atoms with Crippen LogP contribution in [0.25, 0.3) is 0 Å². The molecule has 3 nitrogen and oxygen atoms in total. The summed E-state index contributed by atoms with van der Waals surface area (Å²) in [4.78, 5) is 11.9. The van der Waals surface area contributed by atoms with Crippen LogP contribution in [0.15, 0.2) is 27.1 Å². The van der Waals surface area contributed by atoms with E-state index in [0.29, 0.717) is 13.2 Å². The molecular weight excluding hydrogens is 362 g/mol. The van der Waals surface area contributed by atoms with Gasteiger partial charge in [-0.15, -0.1) is 0 Å². The Morgan fingerprint density at radius 1 is 1.33 bits per heavy atom. The van der Waals surface area contributed by atoms with Crippen molar-refractivity contribution in [2.45, 2.75) is 12.8 Å². The van der Waals surface area contributed by atoms with Crippen molar-refractivity contribution in [1.29, 1.82) is 0 Å². The predicted molar refractivity (Wildman–Crippen MR) is 77.6 cm³/mol. The quantitative estimate of drug-likeness (QED) is 0.824. The molecule has 1 aromatic rings. The fourth-order valence-corrected chi connectivity index (χ4v) is 3.64. The number of benzene rings is 1. The third kappa shape index (κ3) is 3.13. The van der Waals surface area contributed by atoms with Crippen molar-refractivity contribution >= 4 is 37.8 Å². The minimum absolute atomic E-state index is 0.0915. The van der Waals surface area contributed by atoms with Crippen LogP contribution < -0.4 is 5.32 Å². The summed E-state index contributed by atoms with van der Waals surface area (Å²) < 4.78 is 7.17. The molecule has 5 heteroatoms. The molecule has 1 heterocycles. The van der Waals surface area contributed by atoms with Crippen LogP contribution in [0.4, 0.5) is 0 Å². The molecule has 1 aliphatic rings. The van der Waals surface area contributed by atoms with Crippen molar-refractivity contribution < 1.29 is 9.53 Å².